The Hall–Kier alpha value is -3.33. The van der Waals surface area contributed by atoms with Crippen molar-refractivity contribution in [1.82, 2.24) is 20.1 Å². The number of nitrogens with zero attached hydrogens (tertiary/aromatic N) is 4. The van der Waals surface area contributed by atoms with Gasteiger partial charge in [0.25, 0.3) is 0 Å². The third kappa shape index (κ3) is 4.41. The summed E-state index contributed by atoms with van der Waals surface area (Å²) in [5.41, 5.74) is 1.91. The zero-order valence-corrected chi connectivity index (χ0v) is 18.6. The second kappa shape index (κ2) is 8.81. The molecule has 160 valence electrons. The minimum atomic E-state index is -0.345. The Labute approximate surface area is 183 Å². The smallest absolute Gasteiger partial charge is 0.348 e. The number of anilines is 1. The molecule has 3 heterocycles. The molecule has 0 radical (unpaired) electrons. The lowest BCUT2D eigenvalue weighted by atomic mass is 10.1. The van der Waals surface area contributed by atoms with Crippen LogP contribution in [0.15, 0.2) is 34.9 Å². The van der Waals surface area contributed by atoms with Gasteiger partial charge in [0.2, 0.25) is 5.89 Å². The molecule has 0 spiro atoms. The number of benzene rings is 1. The summed E-state index contributed by atoms with van der Waals surface area (Å²) in [7, 11) is 0. The molecule has 4 rings (SSSR count). The number of thiophene rings is 1. The predicted octanol–water partition coefficient (Wildman–Crippen LogP) is 4.63. The number of aryl methyl sites for hydroxylation is 2. The Morgan fingerprint density at radius 2 is 1.97 bits per heavy atom. The van der Waals surface area contributed by atoms with Gasteiger partial charge in [0.05, 0.1) is 12.0 Å². The molecule has 0 amide bonds. The van der Waals surface area contributed by atoms with Crippen LogP contribution >= 0.6 is 11.3 Å². The molecule has 0 aliphatic heterocycles. The highest BCUT2D eigenvalue weighted by Gasteiger charge is 2.23. The zero-order valence-electron chi connectivity index (χ0n) is 17.8. The van der Waals surface area contributed by atoms with Gasteiger partial charge in [0.1, 0.15) is 27.4 Å². The maximum absolute atomic E-state index is 12.3. The van der Waals surface area contributed by atoms with Crippen LogP contribution in [-0.2, 0) is 11.2 Å². The first kappa shape index (κ1) is 20.9. The highest BCUT2D eigenvalue weighted by atomic mass is 32.1. The SMILES string of the molecule is CCOC(=O)c1sc2nc(C)nc(N[C@@H](C)c3nc(Cc4ccccc4)no3)c2c1C. The second-order valence-electron chi connectivity index (χ2n) is 7.15. The summed E-state index contributed by atoms with van der Waals surface area (Å²) in [6.07, 6.45) is 0.598. The molecule has 31 heavy (non-hydrogen) atoms. The minimum absolute atomic E-state index is 0.278. The van der Waals surface area contributed by atoms with E-state index in [9.17, 15) is 4.79 Å². The van der Waals surface area contributed by atoms with Gasteiger partial charge in [-0.3, -0.25) is 0 Å². The molecular formula is C22H23N5O3S. The van der Waals surface area contributed by atoms with Gasteiger partial charge in [-0.1, -0.05) is 35.5 Å². The van der Waals surface area contributed by atoms with Crippen LogP contribution < -0.4 is 5.32 Å². The Bertz CT molecular complexity index is 1220. The Balaban J connectivity index is 1.60. The summed E-state index contributed by atoms with van der Waals surface area (Å²) >= 11 is 1.31. The summed E-state index contributed by atoms with van der Waals surface area (Å²) in [5.74, 6) is 1.97. The number of rotatable bonds is 7. The van der Waals surface area contributed by atoms with Crippen LogP contribution in [0.5, 0.6) is 0 Å². The highest BCUT2D eigenvalue weighted by Crippen LogP contribution is 2.35. The van der Waals surface area contributed by atoms with Gasteiger partial charge >= 0.3 is 5.97 Å². The molecule has 1 atom stereocenters. The first-order valence-electron chi connectivity index (χ1n) is 10.0. The van der Waals surface area contributed by atoms with Crippen molar-refractivity contribution < 1.29 is 14.1 Å². The van der Waals surface area contributed by atoms with Crippen LogP contribution in [0.2, 0.25) is 0 Å². The Morgan fingerprint density at radius 3 is 2.71 bits per heavy atom. The first-order chi connectivity index (χ1) is 15.0. The maximum atomic E-state index is 12.3. The summed E-state index contributed by atoms with van der Waals surface area (Å²) < 4.78 is 10.7. The average molecular weight is 438 g/mol. The van der Waals surface area contributed by atoms with Crippen LogP contribution in [-0.4, -0.2) is 32.7 Å². The minimum Gasteiger partial charge on any atom is -0.462 e. The van der Waals surface area contributed by atoms with E-state index in [0.717, 1.165) is 21.3 Å². The monoisotopic (exact) mass is 437 g/mol. The quantitative estimate of drug-likeness (QED) is 0.417. The normalized spacial score (nSPS) is 12.1. The van der Waals surface area contributed by atoms with Crippen molar-refractivity contribution >= 4 is 33.3 Å². The van der Waals surface area contributed by atoms with E-state index in [1.165, 1.54) is 11.3 Å². The fraction of sp³-hybridized carbons (Fsp3) is 0.318. The van der Waals surface area contributed by atoms with E-state index < -0.39 is 0 Å². The lowest BCUT2D eigenvalue weighted by Gasteiger charge is -2.12. The molecule has 9 heteroatoms. The van der Waals surface area contributed by atoms with Gasteiger partial charge in [0, 0.05) is 6.42 Å². The number of ether oxygens (including phenoxy) is 1. The molecule has 1 aromatic carbocycles. The van der Waals surface area contributed by atoms with Crippen molar-refractivity contribution in [3.8, 4) is 0 Å². The third-order valence-corrected chi connectivity index (χ3v) is 5.94. The highest BCUT2D eigenvalue weighted by molar-refractivity contribution is 7.20. The van der Waals surface area contributed by atoms with Crippen LogP contribution in [0.25, 0.3) is 10.2 Å². The van der Waals surface area contributed by atoms with Crippen molar-refractivity contribution in [3.05, 3.63) is 63.9 Å². The number of esters is 1. The summed E-state index contributed by atoms with van der Waals surface area (Å²) in [4.78, 5) is 27.2. The lowest BCUT2D eigenvalue weighted by Crippen LogP contribution is -2.10. The van der Waals surface area contributed by atoms with E-state index in [1.54, 1.807) is 6.92 Å². The van der Waals surface area contributed by atoms with Crippen molar-refractivity contribution in [2.45, 2.75) is 40.2 Å². The van der Waals surface area contributed by atoms with Crippen LogP contribution in [0.1, 0.15) is 58.2 Å². The van der Waals surface area contributed by atoms with Crippen molar-refractivity contribution in [2.24, 2.45) is 0 Å². The molecule has 4 aromatic rings. The third-order valence-electron chi connectivity index (χ3n) is 4.78. The number of fused-ring (bicyclic) bond motifs is 1. The largest absolute Gasteiger partial charge is 0.462 e. The molecule has 8 nitrogen and oxygen atoms in total. The van der Waals surface area contributed by atoms with Crippen molar-refractivity contribution in [1.29, 1.82) is 0 Å². The van der Waals surface area contributed by atoms with E-state index in [1.807, 2.05) is 51.1 Å². The predicted molar refractivity (Wildman–Crippen MR) is 118 cm³/mol. The van der Waals surface area contributed by atoms with E-state index in [2.05, 4.69) is 25.4 Å². The number of hydrogen-bond donors (Lipinski definition) is 1. The molecule has 0 aliphatic carbocycles. The zero-order chi connectivity index (χ0) is 22.0. The molecule has 0 aliphatic rings. The maximum Gasteiger partial charge on any atom is 0.348 e. The fourth-order valence-electron chi connectivity index (χ4n) is 3.30. The molecule has 0 saturated carbocycles. The van der Waals surface area contributed by atoms with Crippen LogP contribution in [0, 0.1) is 13.8 Å². The van der Waals surface area contributed by atoms with Crippen molar-refractivity contribution in [3.63, 3.8) is 0 Å². The van der Waals surface area contributed by atoms with Gasteiger partial charge in [-0.05, 0) is 38.8 Å². The fourth-order valence-corrected chi connectivity index (χ4v) is 4.42. The number of aromatic nitrogens is 4. The summed E-state index contributed by atoms with van der Waals surface area (Å²) in [6, 6.07) is 9.71. The molecule has 0 unspecified atom stereocenters. The topological polar surface area (TPSA) is 103 Å². The van der Waals surface area contributed by atoms with E-state index in [4.69, 9.17) is 9.26 Å². The van der Waals surface area contributed by atoms with Crippen LogP contribution in [0.4, 0.5) is 5.82 Å². The average Bonchev–Trinajstić information content (AvgIpc) is 3.33. The lowest BCUT2D eigenvalue weighted by molar-refractivity contribution is 0.0531. The molecule has 3 aromatic heterocycles. The van der Waals surface area contributed by atoms with Gasteiger partial charge in [-0.15, -0.1) is 11.3 Å². The Kier molecular flexibility index (Phi) is 5.94. The van der Waals surface area contributed by atoms with E-state index in [0.29, 0.717) is 41.3 Å². The number of carbonyl (C=O) groups is 1. The number of nitrogens with one attached hydrogen (secondary N) is 1. The number of hydrogen-bond acceptors (Lipinski definition) is 9. The van der Waals surface area contributed by atoms with E-state index >= 15 is 0 Å². The molecule has 0 bridgehead atoms. The molecule has 1 N–H and O–H groups in total. The summed E-state index contributed by atoms with van der Waals surface area (Å²) in [6.45, 7) is 7.73. The van der Waals surface area contributed by atoms with Gasteiger partial charge in [-0.25, -0.2) is 14.8 Å². The number of carbonyl (C=O) groups excluding carboxylic acids is 1. The first-order valence-corrected chi connectivity index (χ1v) is 10.9. The standard InChI is InChI=1S/C22H23N5O3S/c1-5-29-22(28)18-12(2)17-19(24-14(4)25-21(17)31-18)23-13(3)20-26-16(27-30-20)11-15-9-7-6-8-10-15/h6-10,13H,5,11H2,1-4H3,(H,23,24,25)/t13-/m0/s1. The van der Waals surface area contributed by atoms with Crippen LogP contribution in [0.3, 0.4) is 0 Å². The van der Waals surface area contributed by atoms with E-state index in [-0.39, 0.29) is 12.0 Å². The molecule has 0 fully saturated rings. The molecule has 0 saturated heterocycles. The summed E-state index contributed by atoms with van der Waals surface area (Å²) in [5, 5.41) is 8.25. The van der Waals surface area contributed by atoms with Gasteiger partial charge < -0.3 is 14.6 Å². The van der Waals surface area contributed by atoms with Crippen molar-refractivity contribution in [2.75, 3.05) is 11.9 Å². The Morgan fingerprint density at radius 1 is 1.19 bits per heavy atom. The van der Waals surface area contributed by atoms with Gasteiger partial charge in [0.15, 0.2) is 5.82 Å². The second-order valence-corrected chi connectivity index (χ2v) is 8.15. The van der Waals surface area contributed by atoms with Gasteiger partial charge in [-0.2, -0.15) is 4.98 Å². The molecular weight excluding hydrogens is 414 g/mol.